The summed E-state index contributed by atoms with van der Waals surface area (Å²) in [6, 6.07) is 8.42. The van der Waals surface area contributed by atoms with Crippen LogP contribution < -0.4 is 5.32 Å². The SMILES string of the molecule is CN=C(NCCCOCCOC)N1CCOC(c2ccccc2C)C1. The second-order valence-corrected chi connectivity index (χ2v) is 6.09. The monoisotopic (exact) mass is 349 g/mol. The Kier molecular flexibility index (Phi) is 8.72. The van der Waals surface area contributed by atoms with E-state index in [-0.39, 0.29) is 6.10 Å². The van der Waals surface area contributed by atoms with E-state index in [9.17, 15) is 0 Å². The predicted octanol–water partition coefficient (Wildman–Crippen LogP) is 2.00. The number of benzene rings is 1. The largest absolute Gasteiger partial charge is 0.382 e. The Morgan fingerprint density at radius 2 is 2.16 bits per heavy atom. The molecule has 25 heavy (non-hydrogen) atoms. The number of rotatable bonds is 8. The zero-order chi connectivity index (χ0) is 17.9. The summed E-state index contributed by atoms with van der Waals surface area (Å²) in [5.74, 6) is 0.929. The van der Waals surface area contributed by atoms with Gasteiger partial charge in [-0.15, -0.1) is 0 Å². The molecule has 6 heteroatoms. The smallest absolute Gasteiger partial charge is 0.193 e. The van der Waals surface area contributed by atoms with Crippen molar-refractivity contribution in [3.8, 4) is 0 Å². The summed E-state index contributed by atoms with van der Waals surface area (Å²) in [4.78, 5) is 6.69. The summed E-state index contributed by atoms with van der Waals surface area (Å²) in [5.41, 5.74) is 2.53. The molecule has 2 rings (SSSR count). The van der Waals surface area contributed by atoms with Crippen LogP contribution in [0.4, 0.5) is 0 Å². The first kappa shape index (κ1) is 19.7. The third-order valence-electron chi connectivity index (χ3n) is 4.29. The average Bonchev–Trinajstić information content (AvgIpc) is 2.64. The molecule has 1 aliphatic rings. The standard InChI is InChI=1S/C19H31N3O3/c1-16-7-4-5-8-17(16)18-15-22(10-12-25-18)19(20-2)21-9-6-11-24-14-13-23-3/h4-5,7-8,18H,6,9-15H2,1-3H3,(H,20,21). The summed E-state index contributed by atoms with van der Waals surface area (Å²) < 4.78 is 16.4. The normalized spacial score (nSPS) is 18.4. The summed E-state index contributed by atoms with van der Waals surface area (Å²) in [6.07, 6.45) is 1.03. The Hall–Kier alpha value is -1.63. The maximum absolute atomic E-state index is 5.99. The fourth-order valence-corrected chi connectivity index (χ4v) is 2.93. The summed E-state index contributed by atoms with van der Waals surface area (Å²) >= 11 is 0. The van der Waals surface area contributed by atoms with Crippen LogP contribution in [0.5, 0.6) is 0 Å². The van der Waals surface area contributed by atoms with Crippen LogP contribution in [0.3, 0.4) is 0 Å². The van der Waals surface area contributed by atoms with Crippen molar-refractivity contribution in [3.63, 3.8) is 0 Å². The Labute approximate surface area is 151 Å². The molecule has 1 heterocycles. The van der Waals surface area contributed by atoms with Crippen molar-refractivity contribution < 1.29 is 14.2 Å². The van der Waals surface area contributed by atoms with E-state index in [1.807, 2.05) is 7.05 Å². The van der Waals surface area contributed by atoms with Crippen molar-refractivity contribution in [2.24, 2.45) is 4.99 Å². The van der Waals surface area contributed by atoms with Gasteiger partial charge in [0, 0.05) is 33.9 Å². The zero-order valence-corrected chi connectivity index (χ0v) is 15.7. The molecular weight excluding hydrogens is 318 g/mol. The highest BCUT2D eigenvalue weighted by atomic mass is 16.5. The molecule has 0 amide bonds. The molecule has 0 aromatic heterocycles. The number of nitrogens with zero attached hydrogens (tertiary/aromatic N) is 2. The highest BCUT2D eigenvalue weighted by molar-refractivity contribution is 5.80. The number of hydrogen-bond donors (Lipinski definition) is 1. The van der Waals surface area contributed by atoms with E-state index in [1.54, 1.807) is 7.11 Å². The number of nitrogens with one attached hydrogen (secondary N) is 1. The summed E-state index contributed by atoms with van der Waals surface area (Å²) in [5, 5.41) is 3.43. The molecule has 6 nitrogen and oxygen atoms in total. The molecule has 1 aromatic carbocycles. The van der Waals surface area contributed by atoms with Crippen LogP contribution in [0.2, 0.25) is 0 Å². The summed E-state index contributed by atoms with van der Waals surface area (Å²) in [6.45, 7) is 7.36. The Morgan fingerprint density at radius 1 is 1.32 bits per heavy atom. The van der Waals surface area contributed by atoms with E-state index in [2.05, 4.69) is 46.4 Å². The second-order valence-electron chi connectivity index (χ2n) is 6.09. The maximum Gasteiger partial charge on any atom is 0.193 e. The Bertz CT molecular complexity index is 536. The van der Waals surface area contributed by atoms with Crippen molar-refractivity contribution in [2.45, 2.75) is 19.4 Å². The van der Waals surface area contributed by atoms with Crippen LogP contribution in [0, 0.1) is 6.92 Å². The van der Waals surface area contributed by atoms with E-state index in [0.717, 1.165) is 38.6 Å². The highest BCUT2D eigenvalue weighted by Gasteiger charge is 2.24. The van der Waals surface area contributed by atoms with E-state index >= 15 is 0 Å². The van der Waals surface area contributed by atoms with E-state index < -0.39 is 0 Å². The quantitative estimate of drug-likeness (QED) is 0.442. The first-order valence-electron chi connectivity index (χ1n) is 8.95. The van der Waals surface area contributed by atoms with Gasteiger partial charge in [0.2, 0.25) is 0 Å². The third-order valence-corrected chi connectivity index (χ3v) is 4.29. The van der Waals surface area contributed by atoms with Gasteiger partial charge in [-0.3, -0.25) is 4.99 Å². The molecule has 0 bridgehead atoms. The first-order chi connectivity index (χ1) is 12.3. The molecule has 1 N–H and O–H groups in total. The van der Waals surface area contributed by atoms with Gasteiger partial charge >= 0.3 is 0 Å². The molecule has 1 fully saturated rings. The Balaban J connectivity index is 1.79. The Morgan fingerprint density at radius 3 is 2.92 bits per heavy atom. The number of guanidine groups is 1. The van der Waals surface area contributed by atoms with Gasteiger partial charge in [-0.2, -0.15) is 0 Å². The van der Waals surface area contributed by atoms with Crippen molar-refractivity contribution in [1.29, 1.82) is 0 Å². The van der Waals surface area contributed by atoms with Crippen LogP contribution in [0.15, 0.2) is 29.3 Å². The van der Waals surface area contributed by atoms with Gasteiger partial charge < -0.3 is 24.4 Å². The van der Waals surface area contributed by atoms with Crippen LogP contribution in [-0.4, -0.2) is 71.1 Å². The van der Waals surface area contributed by atoms with Crippen molar-refractivity contribution >= 4 is 5.96 Å². The van der Waals surface area contributed by atoms with Gasteiger partial charge in [0.1, 0.15) is 6.10 Å². The fraction of sp³-hybridized carbons (Fsp3) is 0.632. The lowest BCUT2D eigenvalue weighted by molar-refractivity contribution is -0.00835. The van der Waals surface area contributed by atoms with Crippen molar-refractivity contribution in [3.05, 3.63) is 35.4 Å². The van der Waals surface area contributed by atoms with Gasteiger partial charge in [-0.1, -0.05) is 24.3 Å². The van der Waals surface area contributed by atoms with Gasteiger partial charge in [0.15, 0.2) is 5.96 Å². The lowest BCUT2D eigenvalue weighted by Crippen LogP contribution is -2.48. The minimum Gasteiger partial charge on any atom is -0.382 e. The van der Waals surface area contributed by atoms with E-state index in [0.29, 0.717) is 19.8 Å². The second kappa shape index (κ2) is 11.1. The number of aliphatic imine (C=N–C) groups is 1. The van der Waals surface area contributed by atoms with Gasteiger partial charge in [-0.25, -0.2) is 0 Å². The van der Waals surface area contributed by atoms with E-state index in [4.69, 9.17) is 14.2 Å². The minimum atomic E-state index is 0.0888. The topological polar surface area (TPSA) is 55.3 Å². The van der Waals surface area contributed by atoms with Crippen LogP contribution in [0.25, 0.3) is 0 Å². The van der Waals surface area contributed by atoms with Crippen LogP contribution in [-0.2, 0) is 14.2 Å². The molecule has 0 spiro atoms. The summed E-state index contributed by atoms with van der Waals surface area (Å²) in [7, 11) is 3.51. The molecule has 1 aromatic rings. The maximum atomic E-state index is 5.99. The minimum absolute atomic E-state index is 0.0888. The highest BCUT2D eigenvalue weighted by Crippen LogP contribution is 2.24. The average molecular weight is 349 g/mol. The molecule has 1 atom stereocenters. The zero-order valence-electron chi connectivity index (χ0n) is 15.7. The lowest BCUT2D eigenvalue weighted by Gasteiger charge is -2.35. The van der Waals surface area contributed by atoms with Crippen molar-refractivity contribution in [2.75, 3.05) is 60.2 Å². The number of morpholine rings is 1. The van der Waals surface area contributed by atoms with Crippen LogP contribution >= 0.6 is 0 Å². The molecule has 0 radical (unpaired) electrons. The molecule has 0 aliphatic carbocycles. The van der Waals surface area contributed by atoms with Gasteiger partial charge in [0.05, 0.1) is 26.4 Å². The molecule has 1 aliphatic heterocycles. The number of aryl methyl sites for hydroxylation is 1. The molecule has 1 saturated heterocycles. The first-order valence-corrected chi connectivity index (χ1v) is 8.95. The lowest BCUT2D eigenvalue weighted by atomic mass is 10.0. The van der Waals surface area contributed by atoms with Crippen LogP contribution in [0.1, 0.15) is 23.7 Å². The van der Waals surface area contributed by atoms with Crippen molar-refractivity contribution in [1.82, 2.24) is 10.2 Å². The van der Waals surface area contributed by atoms with Gasteiger partial charge in [0.25, 0.3) is 0 Å². The number of hydrogen-bond acceptors (Lipinski definition) is 4. The van der Waals surface area contributed by atoms with Gasteiger partial charge in [-0.05, 0) is 24.5 Å². The van der Waals surface area contributed by atoms with E-state index in [1.165, 1.54) is 11.1 Å². The molecular formula is C19H31N3O3. The predicted molar refractivity (Wildman–Crippen MR) is 100 cm³/mol. The number of methoxy groups -OCH3 is 1. The third kappa shape index (κ3) is 6.30. The number of ether oxygens (including phenoxy) is 3. The molecule has 1 unspecified atom stereocenters. The molecule has 140 valence electrons. The fourth-order valence-electron chi connectivity index (χ4n) is 2.93. The molecule has 0 saturated carbocycles.